The number of nitrogen functional groups attached to an aromatic ring is 1. The molecule has 1 fully saturated rings. The third kappa shape index (κ3) is 6.73. The van der Waals surface area contributed by atoms with Gasteiger partial charge in [0.1, 0.15) is 22.9 Å². The first-order valence-corrected chi connectivity index (χ1v) is 17.9. The minimum Gasteiger partial charge on any atom is -0.464 e. The second-order valence-electron chi connectivity index (χ2n) is 12.8. The van der Waals surface area contributed by atoms with Gasteiger partial charge in [0, 0.05) is 61.6 Å². The summed E-state index contributed by atoms with van der Waals surface area (Å²) in [5.41, 5.74) is 10.6. The average molecular weight is 713 g/mol. The molecule has 1 saturated heterocycles. The normalized spacial score (nSPS) is 14.6. The first kappa shape index (κ1) is 33.2. The summed E-state index contributed by atoms with van der Waals surface area (Å²) in [7, 11) is 2.15. The van der Waals surface area contributed by atoms with E-state index in [1.54, 1.807) is 18.5 Å². The number of aromatic nitrogens is 3. The number of rotatable bonds is 10. The summed E-state index contributed by atoms with van der Waals surface area (Å²) in [5.74, 6) is 1.89. The number of aryl methyl sites for hydroxylation is 1. The maximum absolute atomic E-state index is 13.2. The molecule has 5 heterocycles. The Bertz CT molecular complexity index is 2360. The molecule has 8 rings (SSSR count). The predicted octanol–water partition coefficient (Wildman–Crippen LogP) is 6.17. The summed E-state index contributed by atoms with van der Waals surface area (Å²) in [5, 5.41) is 15.7. The molecule has 262 valence electrons. The quantitative estimate of drug-likeness (QED) is 0.0955. The maximum Gasteiger partial charge on any atom is 0.261 e. The van der Waals surface area contributed by atoms with Gasteiger partial charge in [0.15, 0.2) is 22.5 Å². The molecule has 0 saturated carbocycles. The van der Waals surface area contributed by atoms with Crippen molar-refractivity contribution in [2.24, 2.45) is 0 Å². The van der Waals surface area contributed by atoms with Crippen LogP contribution < -0.4 is 25.4 Å². The predicted molar refractivity (Wildman–Crippen MR) is 201 cm³/mol. The Hall–Kier alpha value is -5.97. The van der Waals surface area contributed by atoms with Gasteiger partial charge in [-0.25, -0.2) is 9.97 Å². The topological polar surface area (TPSA) is 148 Å². The van der Waals surface area contributed by atoms with Crippen LogP contribution >= 0.6 is 11.8 Å². The number of imidazole rings is 1. The van der Waals surface area contributed by atoms with Crippen molar-refractivity contribution in [3.63, 3.8) is 0 Å². The number of amides is 1. The molecule has 0 atom stereocenters. The summed E-state index contributed by atoms with van der Waals surface area (Å²) in [6.45, 7) is 5.11. The lowest BCUT2D eigenvalue weighted by Crippen LogP contribution is -2.44. The van der Waals surface area contributed by atoms with Gasteiger partial charge < -0.3 is 39.3 Å². The molecule has 2 aliphatic rings. The molecule has 0 aliphatic carbocycles. The van der Waals surface area contributed by atoms with Gasteiger partial charge in [0.25, 0.3) is 5.91 Å². The van der Waals surface area contributed by atoms with Gasteiger partial charge in [0.2, 0.25) is 6.79 Å². The zero-order valence-electron chi connectivity index (χ0n) is 28.5. The fraction of sp³-hybridized carbons (Fsp3) is 0.231. The Morgan fingerprint density at radius 3 is 2.65 bits per heavy atom. The van der Waals surface area contributed by atoms with E-state index in [2.05, 4.69) is 56.0 Å². The van der Waals surface area contributed by atoms with E-state index in [9.17, 15) is 10.1 Å². The lowest BCUT2D eigenvalue weighted by Gasteiger charge is -2.34. The molecule has 0 radical (unpaired) electrons. The number of hydrogen-bond acceptors (Lipinski definition) is 11. The third-order valence-corrected chi connectivity index (χ3v) is 10.4. The second kappa shape index (κ2) is 14.3. The third-order valence-electron chi connectivity index (χ3n) is 9.36. The first-order valence-electron chi connectivity index (χ1n) is 17.1. The molecule has 2 aliphatic heterocycles. The number of anilines is 2. The number of furan rings is 1. The number of nitriles is 1. The van der Waals surface area contributed by atoms with Crippen molar-refractivity contribution in [2.45, 2.75) is 23.0 Å². The summed E-state index contributed by atoms with van der Waals surface area (Å²) < 4.78 is 19.1. The van der Waals surface area contributed by atoms with Crippen LogP contribution in [0.3, 0.4) is 0 Å². The Balaban J connectivity index is 0.961. The standard InChI is InChI=1S/C39H36N8O4S/c1-45-13-15-46(16-14-45)29-8-7-26-18-25(5-6-27(26)20-29)19-28(23-40)38(48)43-10-3-12-47-31-9-11-42-37(41)36(31)44-39(47)52-35-22-34-33(50-24-51-34)21-30(35)32-4-2-17-49-32/h2,4-9,11,17-22H,3,10,12-16,24H2,1H3,(H2,41,42)(H,43,48)/b28-19+. The highest BCUT2D eigenvalue weighted by atomic mass is 32.2. The van der Waals surface area contributed by atoms with Crippen molar-refractivity contribution in [2.75, 3.05) is 57.2 Å². The maximum atomic E-state index is 13.2. The summed E-state index contributed by atoms with van der Waals surface area (Å²) in [6, 6.07) is 24.0. The van der Waals surface area contributed by atoms with Crippen LogP contribution in [0.2, 0.25) is 0 Å². The van der Waals surface area contributed by atoms with E-state index < -0.39 is 5.91 Å². The van der Waals surface area contributed by atoms with E-state index in [1.807, 2.05) is 48.5 Å². The van der Waals surface area contributed by atoms with E-state index in [-0.39, 0.29) is 12.4 Å². The number of benzene rings is 3. The number of fused-ring (bicyclic) bond motifs is 3. The van der Waals surface area contributed by atoms with Crippen LogP contribution in [-0.2, 0) is 11.3 Å². The number of nitrogens with two attached hydrogens (primary N) is 1. The van der Waals surface area contributed by atoms with Crippen LogP contribution in [-0.4, -0.2) is 71.9 Å². The largest absolute Gasteiger partial charge is 0.464 e. The summed E-state index contributed by atoms with van der Waals surface area (Å²) in [6.07, 6.45) is 5.50. The molecule has 6 aromatic rings. The fourth-order valence-corrected chi connectivity index (χ4v) is 7.60. The van der Waals surface area contributed by atoms with E-state index in [0.717, 1.165) is 58.5 Å². The highest BCUT2D eigenvalue weighted by molar-refractivity contribution is 7.99. The lowest BCUT2D eigenvalue weighted by molar-refractivity contribution is -0.117. The summed E-state index contributed by atoms with van der Waals surface area (Å²) in [4.78, 5) is 27.9. The van der Waals surface area contributed by atoms with Crippen LogP contribution in [0.4, 0.5) is 11.5 Å². The van der Waals surface area contributed by atoms with Crippen molar-refractivity contribution in [1.82, 2.24) is 24.8 Å². The molecule has 0 spiro atoms. The molecule has 1 amide bonds. The van der Waals surface area contributed by atoms with Crippen LogP contribution in [0.15, 0.2) is 99.2 Å². The number of nitrogens with zero attached hydrogens (tertiary/aromatic N) is 6. The first-order chi connectivity index (χ1) is 25.4. The Labute approximate surface area is 304 Å². The van der Waals surface area contributed by atoms with E-state index in [4.69, 9.17) is 24.6 Å². The van der Waals surface area contributed by atoms with Gasteiger partial charge in [-0.2, -0.15) is 5.26 Å². The van der Waals surface area contributed by atoms with Gasteiger partial charge >= 0.3 is 0 Å². The number of piperazine rings is 1. The number of carbonyl (C=O) groups excluding carboxylic acids is 1. The van der Waals surface area contributed by atoms with Crippen molar-refractivity contribution >= 4 is 57.1 Å². The van der Waals surface area contributed by atoms with Gasteiger partial charge in [-0.15, -0.1) is 0 Å². The van der Waals surface area contributed by atoms with Gasteiger partial charge in [0.05, 0.1) is 11.8 Å². The number of ether oxygens (including phenoxy) is 2. The monoisotopic (exact) mass is 712 g/mol. The van der Waals surface area contributed by atoms with E-state index in [1.165, 1.54) is 17.4 Å². The van der Waals surface area contributed by atoms with Crippen LogP contribution in [0.1, 0.15) is 12.0 Å². The zero-order valence-corrected chi connectivity index (χ0v) is 29.4. The van der Waals surface area contributed by atoms with Gasteiger partial charge in [-0.1, -0.05) is 30.0 Å². The van der Waals surface area contributed by atoms with Crippen LogP contribution in [0, 0.1) is 11.3 Å². The van der Waals surface area contributed by atoms with Gasteiger partial charge in [-0.05, 0) is 84.4 Å². The molecule has 0 bridgehead atoms. The molecule has 13 heteroatoms. The Morgan fingerprint density at radius 1 is 1.04 bits per heavy atom. The smallest absolute Gasteiger partial charge is 0.261 e. The van der Waals surface area contributed by atoms with Crippen molar-refractivity contribution in [1.29, 1.82) is 5.26 Å². The molecular formula is C39H36N8O4S. The lowest BCUT2D eigenvalue weighted by atomic mass is 10.0. The molecule has 3 aromatic heterocycles. The molecule has 3 N–H and O–H groups in total. The highest BCUT2D eigenvalue weighted by Crippen LogP contribution is 2.45. The fourth-order valence-electron chi connectivity index (χ4n) is 6.53. The van der Waals surface area contributed by atoms with Crippen LogP contribution in [0.5, 0.6) is 11.5 Å². The molecule has 52 heavy (non-hydrogen) atoms. The molecule has 3 aromatic carbocycles. The molecular weight excluding hydrogens is 677 g/mol. The highest BCUT2D eigenvalue weighted by Gasteiger charge is 2.23. The number of nitrogens with one attached hydrogen (secondary N) is 1. The zero-order chi connectivity index (χ0) is 35.6. The van der Waals surface area contributed by atoms with E-state index in [0.29, 0.717) is 53.3 Å². The SMILES string of the molecule is CN1CCN(c2ccc3cc(/C=C(\C#N)C(=O)NCCCn4c(Sc5cc6c(cc5-c5ccco5)OCO6)nc5c(N)nccc54)ccc3c2)CC1. The Morgan fingerprint density at radius 2 is 1.85 bits per heavy atom. The second-order valence-corrected chi connectivity index (χ2v) is 13.8. The number of carbonyl (C=O) groups is 1. The van der Waals surface area contributed by atoms with Crippen molar-refractivity contribution < 1.29 is 18.7 Å². The minimum atomic E-state index is -0.421. The van der Waals surface area contributed by atoms with Crippen LogP contribution in [0.25, 0.3) is 39.2 Å². The van der Waals surface area contributed by atoms with Crippen molar-refractivity contribution in [3.05, 3.63) is 90.3 Å². The number of likely N-dealkylation sites (N-methyl/N-ethyl adjacent to an activating group) is 1. The minimum absolute atomic E-state index is 0.0462. The average Bonchev–Trinajstić information content (AvgIpc) is 3.93. The van der Waals surface area contributed by atoms with E-state index >= 15 is 0 Å². The summed E-state index contributed by atoms with van der Waals surface area (Å²) >= 11 is 1.45. The van der Waals surface area contributed by atoms with Gasteiger partial charge in [-0.3, -0.25) is 4.79 Å². The molecule has 0 unspecified atom stereocenters. The molecule has 12 nitrogen and oxygen atoms in total. The number of pyridine rings is 1. The van der Waals surface area contributed by atoms with Crippen molar-refractivity contribution in [3.8, 4) is 28.9 Å². The number of hydrogen-bond donors (Lipinski definition) is 2. The Kier molecular flexibility index (Phi) is 9.15.